The zero-order chi connectivity index (χ0) is 20.2. The second kappa shape index (κ2) is 8.36. The molecule has 0 N–H and O–H groups in total. The average molecular weight is 410 g/mol. The molecule has 4 rings (SSSR count). The Morgan fingerprint density at radius 3 is 2.31 bits per heavy atom. The maximum Gasteiger partial charge on any atom is 0.277 e. The van der Waals surface area contributed by atoms with Crippen LogP contribution in [0.2, 0.25) is 0 Å². The summed E-state index contributed by atoms with van der Waals surface area (Å²) in [6.45, 7) is 2.03. The van der Waals surface area contributed by atoms with Crippen molar-refractivity contribution in [3.05, 3.63) is 53.9 Å². The van der Waals surface area contributed by atoms with E-state index in [2.05, 4.69) is 20.3 Å². The normalized spacial score (nSPS) is 10.9. The Kier molecular flexibility index (Phi) is 5.48. The molecule has 4 aromatic rings. The van der Waals surface area contributed by atoms with Crippen LogP contribution in [0, 0.1) is 6.92 Å². The SMILES string of the molecule is COc1cc(OC)cc(-c2nnc(SCc3noc(-c4ccc(C)cc4)n3)o2)c1. The van der Waals surface area contributed by atoms with Gasteiger partial charge in [0.25, 0.3) is 11.1 Å². The van der Waals surface area contributed by atoms with E-state index in [0.717, 1.165) is 5.56 Å². The molecule has 2 heterocycles. The van der Waals surface area contributed by atoms with Crippen molar-refractivity contribution in [2.75, 3.05) is 14.2 Å². The molecule has 0 radical (unpaired) electrons. The van der Waals surface area contributed by atoms with E-state index < -0.39 is 0 Å². The quantitative estimate of drug-likeness (QED) is 0.411. The van der Waals surface area contributed by atoms with E-state index in [4.69, 9.17) is 18.4 Å². The van der Waals surface area contributed by atoms with E-state index in [0.29, 0.717) is 45.6 Å². The van der Waals surface area contributed by atoms with Crippen LogP contribution in [-0.2, 0) is 5.75 Å². The van der Waals surface area contributed by atoms with Gasteiger partial charge in [-0.15, -0.1) is 10.2 Å². The molecule has 0 aliphatic heterocycles. The first-order chi connectivity index (χ1) is 14.1. The molecule has 9 heteroatoms. The van der Waals surface area contributed by atoms with Crippen LogP contribution < -0.4 is 9.47 Å². The van der Waals surface area contributed by atoms with Crippen LogP contribution in [0.4, 0.5) is 0 Å². The highest BCUT2D eigenvalue weighted by molar-refractivity contribution is 7.98. The number of rotatable bonds is 7. The molecule has 0 saturated carbocycles. The van der Waals surface area contributed by atoms with Crippen LogP contribution in [0.15, 0.2) is 56.6 Å². The van der Waals surface area contributed by atoms with Gasteiger partial charge in [-0.1, -0.05) is 34.6 Å². The van der Waals surface area contributed by atoms with E-state index in [1.54, 1.807) is 32.4 Å². The summed E-state index contributed by atoms with van der Waals surface area (Å²) < 4.78 is 21.6. The topological polar surface area (TPSA) is 96.3 Å². The van der Waals surface area contributed by atoms with Gasteiger partial charge in [-0.25, -0.2) is 0 Å². The molecule has 0 saturated heterocycles. The van der Waals surface area contributed by atoms with E-state index in [1.807, 2.05) is 31.2 Å². The predicted octanol–water partition coefficient (Wildman–Crippen LogP) is 4.40. The minimum atomic E-state index is 0.373. The van der Waals surface area contributed by atoms with Gasteiger partial charge >= 0.3 is 0 Å². The number of nitrogens with zero attached hydrogens (tertiary/aromatic N) is 4. The number of aryl methyl sites for hydroxylation is 1. The summed E-state index contributed by atoms with van der Waals surface area (Å²) in [6.07, 6.45) is 0. The summed E-state index contributed by atoms with van der Waals surface area (Å²) in [4.78, 5) is 4.41. The molecule has 0 aliphatic carbocycles. The van der Waals surface area contributed by atoms with Gasteiger partial charge in [-0.3, -0.25) is 0 Å². The standard InChI is InChI=1S/C20H18N4O4S/c1-12-4-6-13(7-5-12)18-21-17(24-28-18)11-29-20-23-22-19(27-20)14-8-15(25-2)10-16(9-14)26-3/h4-10H,11H2,1-3H3. The van der Waals surface area contributed by atoms with Crippen molar-refractivity contribution in [3.8, 4) is 34.4 Å². The number of methoxy groups -OCH3 is 2. The fourth-order valence-corrected chi connectivity index (χ4v) is 3.17. The summed E-state index contributed by atoms with van der Waals surface area (Å²) in [6, 6.07) is 13.3. The van der Waals surface area contributed by atoms with Crippen LogP contribution in [0.3, 0.4) is 0 Å². The molecule has 29 heavy (non-hydrogen) atoms. The van der Waals surface area contributed by atoms with Gasteiger partial charge in [0.2, 0.25) is 5.89 Å². The third-order valence-corrected chi connectivity index (χ3v) is 4.91. The number of hydrogen-bond donors (Lipinski definition) is 0. The molecule has 8 nitrogen and oxygen atoms in total. The third-order valence-electron chi connectivity index (χ3n) is 4.10. The van der Waals surface area contributed by atoms with Crippen molar-refractivity contribution in [2.45, 2.75) is 17.9 Å². The molecule has 0 spiro atoms. The van der Waals surface area contributed by atoms with Crippen molar-refractivity contribution in [1.82, 2.24) is 20.3 Å². The lowest BCUT2D eigenvalue weighted by atomic mass is 10.1. The van der Waals surface area contributed by atoms with Crippen molar-refractivity contribution < 1.29 is 18.4 Å². The first-order valence-electron chi connectivity index (χ1n) is 8.74. The van der Waals surface area contributed by atoms with Gasteiger partial charge in [0.05, 0.1) is 20.0 Å². The summed E-state index contributed by atoms with van der Waals surface area (Å²) in [5, 5.41) is 12.6. The van der Waals surface area contributed by atoms with Gasteiger partial charge in [-0.05, 0) is 31.2 Å². The maximum absolute atomic E-state index is 5.74. The van der Waals surface area contributed by atoms with Crippen LogP contribution in [0.25, 0.3) is 22.9 Å². The van der Waals surface area contributed by atoms with E-state index in [9.17, 15) is 0 Å². The fourth-order valence-electron chi connectivity index (χ4n) is 2.57. The molecular weight excluding hydrogens is 392 g/mol. The van der Waals surface area contributed by atoms with Crippen LogP contribution in [0.5, 0.6) is 11.5 Å². The highest BCUT2D eigenvalue weighted by Gasteiger charge is 2.14. The first-order valence-corrected chi connectivity index (χ1v) is 9.72. The van der Waals surface area contributed by atoms with Crippen LogP contribution >= 0.6 is 11.8 Å². The lowest BCUT2D eigenvalue weighted by molar-refractivity contribution is 0.394. The smallest absolute Gasteiger partial charge is 0.277 e. The van der Waals surface area contributed by atoms with Crippen molar-refractivity contribution in [2.24, 2.45) is 0 Å². The molecule has 0 unspecified atom stereocenters. The second-order valence-electron chi connectivity index (χ2n) is 6.14. The van der Waals surface area contributed by atoms with Gasteiger partial charge < -0.3 is 18.4 Å². The Bertz CT molecular complexity index is 1090. The molecule has 0 aliphatic rings. The molecule has 0 atom stereocenters. The molecule has 148 valence electrons. The van der Waals surface area contributed by atoms with Gasteiger partial charge in [0, 0.05) is 17.2 Å². The van der Waals surface area contributed by atoms with Gasteiger partial charge in [0.1, 0.15) is 11.5 Å². The summed E-state index contributed by atoms with van der Waals surface area (Å²) >= 11 is 1.33. The maximum atomic E-state index is 5.74. The van der Waals surface area contributed by atoms with Crippen LogP contribution in [-0.4, -0.2) is 34.6 Å². The predicted molar refractivity (Wildman–Crippen MR) is 107 cm³/mol. The zero-order valence-corrected chi connectivity index (χ0v) is 16.9. The Morgan fingerprint density at radius 2 is 1.62 bits per heavy atom. The number of benzene rings is 2. The highest BCUT2D eigenvalue weighted by Crippen LogP contribution is 2.31. The number of hydrogen-bond acceptors (Lipinski definition) is 9. The minimum Gasteiger partial charge on any atom is -0.497 e. The third kappa shape index (κ3) is 4.40. The average Bonchev–Trinajstić information content (AvgIpc) is 3.42. The number of ether oxygens (including phenoxy) is 2. The van der Waals surface area contributed by atoms with Crippen molar-refractivity contribution >= 4 is 11.8 Å². The van der Waals surface area contributed by atoms with Crippen molar-refractivity contribution in [1.29, 1.82) is 0 Å². The van der Waals surface area contributed by atoms with Gasteiger partial charge in [0.15, 0.2) is 5.82 Å². The molecular formula is C20H18N4O4S. The van der Waals surface area contributed by atoms with E-state index in [1.165, 1.54) is 17.3 Å². The summed E-state index contributed by atoms with van der Waals surface area (Å²) in [5.41, 5.74) is 2.76. The lowest BCUT2D eigenvalue weighted by Crippen LogP contribution is -1.88. The fraction of sp³-hybridized carbons (Fsp3) is 0.200. The molecule has 0 amide bonds. The van der Waals surface area contributed by atoms with E-state index in [-0.39, 0.29) is 0 Å². The molecule has 2 aromatic heterocycles. The number of thioether (sulfide) groups is 1. The summed E-state index contributed by atoms with van der Waals surface area (Å²) in [7, 11) is 3.17. The Morgan fingerprint density at radius 1 is 0.897 bits per heavy atom. The monoisotopic (exact) mass is 410 g/mol. The Labute approximate surface area is 171 Å². The Hall–Kier alpha value is -3.33. The molecule has 2 aromatic carbocycles. The minimum absolute atomic E-state index is 0.373. The lowest BCUT2D eigenvalue weighted by Gasteiger charge is -2.05. The largest absolute Gasteiger partial charge is 0.497 e. The molecule has 0 fully saturated rings. The van der Waals surface area contributed by atoms with Gasteiger partial charge in [-0.2, -0.15) is 4.98 Å². The van der Waals surface area contributed by atoms with E-state index >= 15 is 0 Å². The zero-order valence-electron chi connectivity index (χ0n) is 16.1. The second-order valence-corrected chi connectivity index (χ2v) is 7.07. The molecule has 0 bridgehead atoms. The number of aromatic nitrogens is 4. The summed E-state index contributed by atoms with van der Waals surface area (Å²) in [5.74, 6) is 3.13. The Balaban J connectivity index is 1.44. The highest BCUT2D eigenvalue weighted by atomic mass is 32.2. The van der Waals surface area contributed by atoms with Crippen LogP contribution in [0.1, 0.15) is 11.4 Å². The first kappa shape index (κ1) is 19.0. The van der Waals surface area contributed by atoms with Crippen molar-refractivity contribution in [3.63, 3.8) is 0 Å².